The molecule has 0 aromatic carbocycles. The maximum atomic E-state index is 13.6. The number of nitrogens with zero attached hydrogens (tertiary/aromatic N) is 4. The molecule has 2 aromatic heterocycles. The molecule has 3 N–H and O–H groups in total. The van der Waals surface area contributed by atoms with Crippen molar-refractivity contribution in [3.05, 3.63) is 47.7 Å². The Morgan fingerprint density at radius 1 is 1.46 bits per heavy atom. The van der Waals surface area contributed by atoms with Gasteiger partial charge in [0.05, 0.1) is 11.9 Å². The van der Waals surface area contributed by atoms with Crippen molar-refractivity contribution in [2.24, 2.45) is 9.98 Å². The van der Waals surface area contributed by atoms with E-state index in [1.807, 2.05) is 0 Å². The number of carboxylic acids is 1. The quantitative estimate of drug-likeness (QED) is 0.645. The van der Waals surface area contributed by atoms with Crippen molar-refractivity contribution in [2.45, 2.75) is 0 Å². The average Bonchev–Trinajstić information content (AvgIpc) is 3.25. The molecule has 28 heavy (non-hydrogen) atoms. The Kier molecular flexibility index (Phi) is 5.30. The van der Waals surface area contributed by atoms with Crippen molar-refractivity contribution in [2.75, 3.05) is 20.1 Å². The third-order valence-corrected chi connectivity index (χ3v) is 4.06. The number of H-pyrrole nitrogens is 1. The molecule has 3 rings (SSSR count). The minimum atomic E-state index is -1.13. The molecular weight excluding hydrogens is 367 g/mol. The number of hydrogen-bond acceptors (Lipinski definition) is 5. The van der Waals surface area contributed by atoms with Gasteiger partial charge in [-0.15, -0.1) is 0 Å². The first kappa shape index (κ1) is 19.0. The summed E-state index contributed by atoms with van der Waals surface area (Å²) in [5.41, 5.74) is 2.13. The van der Waals surface area contributed by atoms with Gasteiger partial charge in [0.2, 0.25) is 5.91 Å². The molecule has 1 aliphatic heterocycles. The molecule has 144 valence electrons. The normalized spacial score (nSPS) is 16.6. The van der Waals surface area contributed by atoms with Crippen LogP contribution >= 0.6 is 0 Å². The predicted octanol–water partition coefficient (Wildman–Crippen LogP) is 1.17. The topological polar surface area (TPSA) is 123 Å². The first-order chi connectivity index (χ1) is 13.4. The maximum absolute atomic E-state index is 13.6. The van der Waals surface area contributed by atoms with Crippen LogP contribution in [0.2, 0.25) is 0 Å². The predicted molar refractivity (Wildman–Crippen MR) is 102 cm³/mol. The van der Waals surface area contributed by atoms with Crippen LogP contribution in [0.5, 0.6) is 0 Å². The molecule has 0 bridgehead atoms. The summed E-state index contributed by atoms with van der Waals surface area (Å²) < 4.78 is 13.6. The highest BCUT2D eigenvalue weighted by Gasteiger charge is 2.25. The monoisotopic (exact) mass is 384 g/mol. The molecule has 3 heterocycles. The number of carboxylic acid groups (broad SMARTS) is 1. The Morgan fingerprint density at radius 2 is 2.25 bits per heavy atom. The van der Waals surface area contributed by atoms with Gasteiger partial charge in [0, 0.05) is 36.0 Å². The Balaban J connectivity index is 1.94. The van der Waals surface area contributed by atoms with Crippen LogP contribution in [-0.4, -0.2) is 64.5 Å². The standard InChI is InChI=1S/C18H17FN6O3/c1-20-16(13-7-24-17-12(13)5-10(19)6-23-17)11-3-4-25(18(11)21-2)9-14(26)22-8-15(27)28/h3-7H,1,8-9H2,2H3,(H,22,26)(H,23,24)(H,27,28)/b16-11-,21-18+. The highest BCUT2D eigenvalue weighted by Crippen LogP contribution is 2.31. The zero-order valence-corrected chi connectivity index (χ0v) is 14.9. The second kappa shape index (κ2) is 7.82. The van der Waals surface area contributed by atoms with Crippen LogP contribution in [0, 0.1) is 5.82 Å². The van der Waals surface area contributed by atoms with Crippen molar-refractivity contribution in [1.29, 1.82) is 0 Å². The first-order valence-corrected chi connectivity index (χ1v) is 8.19. The van der Waals surface area contributed by atoms with Gasteiger partial charge in [-0.3, -0.25) is 19.6 Å². The van der Waals surface area contributed by atoms with Crippen LogP contribution in [-0.2, 0) is 9.59 Å². The van der Waals surface area contributed by atoms with Crippen LogP contribution in [0.1, 0.15) is 5.56 Å². The molecular formula is C18H17FN6O3. The Hall–Kier alpha value is -3.82. The lowest BCUT2D eigenvalue weighted by molar-refractivity contribution is -0.137. The van der Waals surface area contributed by atoms with E-state index in [1.54, 1.807) is 30.4 Å². The van der Waals surface area contributed by atoms with Crippen LogP contribution in [0.15, 0.2) is 46.3 Å². The van der Waals surface area contributed by atoms with E-state index in [0.29, 0.717) is 33.7 Å². The van der Waals surface area contributed by atoms with E-state index in [2.05, 4.69) is 32.0 Å². The van der Waals surface area contributed by atoms with Crippen molar-refractivity contribution in [3.8, 4) is 0 Å². The summed E-state index contributed by atoms with van der Waals surface area (Å²) in [5.74, 6) is -1.63. The number of aromatic amines is 1. The number of aliphatic imine (C=N–C) groups is 2. The van der Waals surface area contributed by atoms with Gasteiger partial charge < -0.3 is 20.3 Å². The fourth-order valence-electron chi connectivity index (χ4n) is 2.90. The molecule has 0 radical (unpaired) electrons. The second-order valence-electron chi connectivity index (χ2n) is 5.83. The molecule has 0 fully saturated rings. The van der Waals surface area contributed by atoms with Gasteiger partial charge in [0.1, 0.15) is 30.4 Å². The number of aliphatic carboxylic acids is 1. The molecule has 10 heteroatoms. The largest absolute Gasteiger partial charge is 0.480 e. The average molecular weight is 384 g/mol. The van der Waals surface area contributed by atoms with Crippen molar-refractivity contribution in [1.82, 2.24) is 20.2 Å². The summed E-state index contributed by atoms with van der Waals surface area (Å²) in [4.78, 5) is 39.3. The molecule has 0 saturated carbocycles. The molecule has 0 saturated heterocycles. The van der Waals surface area contributed by atoms with Gasteiger partial charge in [-0.1, -0.05) is 0 Å². The number of carbonyl (C=O) groups excluding carboxylic acids is 1. The Bertz CT molecular complexity index is 1050. The van der Waals surface area contributed by atoms with E-state index in [4.69, 9.17) is 5.11 Å². The number of aromatic nitrogens is 2. The van der Waals surface area contributed by atoms with Crippen molar-refractivity contribution < 1.29 is 19.1 Å². The summed E-state index contributed by atoms with van der Waals surface area (Å²) in [7, 11) is 1.56. The van der Waals surface area contributed by atoms with E-state index < -0.39 is 24.2 Å². The van der Waals surface area contributed by atoms with Crippen LogP contribution in [0.25, 0.3) is 16.7 Å². The molecule has 1 amide bonds. The van der Waals surface area contributed by atoms with E-state index in [1.165, 1.54) is 6.07 Å². The summed E-state index contributed by atoms with van der Waals surface area (Å²) in [5, 5.41) is 11.5. The molecule has 0 aliphatic carbocycles. The zero-order valence-electron chi connectivity index (χ0n) is 14.9. The fraction of sp³-hybridized carbons (Fsp3) is 0.167. The summed E-state index contributed by atoms with van der Waals surface area (Å²) in [6.45, 7) is 3.02. The summed E-state index contributed by atoms with van der Waals surface area (Å²) >= 11 is 0. The fourth-order valence-corrected chi connectivity index (χ4v) is 2.90. The van der Waals surface area contributed by atoms with Gasteiger partial charge in [0.15, 0.2) is 0 Å². The lowest BCUT2D eigenvalue weighted by Crippen LogP contribution is -2.38. The van der Waals surface area contributed by atoms with E-state index in [0.717, 1.165) is 6.20 Å². The SMILES string of the molecule is C=N/C(=C1/C=CN(CC(=O)NCC(=O)O)/C1=N/C)c1c[nH]c2ncc(F)cc12. The minimum absolute atomic E-state index is 0.117. The zero-order chi connectivity index (χ0) is 20.3. The molecule has 0 spiro atoms. The highest BCUT2D eigenvalue weighted by molar-refractivity contribution is 6.12. The molecule has 0 unspecified atom stereocenters. The van der Waals surface area contributed by atoms with Crippen molar-refractivity contribution >= 4 is 41.2 Å². The number of pyridine rings is 1. The first-order valence-electron chi connectivity index (χ1n) is 8.19. The number of amides is 1. The summed E-state index contributed by atoms with van der Waals surface area (Å²) in [6, 6.07) is 1.35. The number of fused-ring (bicyclic) bond motifs is 1. The van der Waals surface area contributed by atoms with E-state index in [9.17, 15) is 14.0 Å². The van der Waals surface area contributed by atoms with Crippen molar-refractivity contribution in [3.63, 3.8) is 0 Å². The molecule has 2 aromatic rings. The van der Waals surface area contributed by atoms with Gasteiger partial charge >= 0.3 is 5.97 Å². The third kappa shape index (κ3) is 3.65. The van der Waals surface area contributed by atoms with Gasteiger partial charge in [-0.25, -0.2) is 9.37 Å². The number of halogens is 1. The lowest BCUT2D eigenvalue weighted by Gasteiger charge is -2.17. The van der Waals surface area contributed by atoms with E-state index >= 15 is 0 Å². The van der Waals surface area contributed by atoms with Gasteiger partial charge in [-0.05, 0) is 18.9 Å². The molecule has 9 nitrogen and oxygen atoms in total. The second-order valence-corrected chi connectivity index (χ2v) is 5.83. The third-order valence-electron chi connectivity index (χ3n) is 4.06. The number of rotatable bonds is 6. The highest BCUT2D eigenvalue weighted by atomic mass is 19.1. The molecule has 1 aliphatic rings. The summed E-state index contributed by atoms with van der Waals surface area (Å²) in [6.07, 6.45) is 6.11. The number of hydrogen-bond donors (Lipinski definition) is 3. The van der Waals surface area contributed by atoms with Crippen LogP contribution < -0.4 is 5.32 Å². The van der Waals surface area contributed by atoms with Crippen LogP contribution in [0.3, 0.4) is 0 Å². The number of amidine groups is 1. The smallest absolute Gasteiger partial charge is 0.322 e. The minimum Gasteiger partial charge on any atom is -0.480 e. The van der Waals surface area contributed by atoms with E-state index in [-0.39, 0.29) is 6.54 Å². The number of carbonyl (C=O) groups is 2. The Morgan fingerprint density at radius 3 is 2.93 bits per heavy atom. The number of nitrogens with one attached hydrogen (secondary N) is 2. The van der Waals surface area contributed by atoms with Gasteiger partial charge in [-0.2, -0.15) is 0 Å². The van der Waals surface area contributed by atoms with Gasteiger partial charge in [0.25, 0.3) is 0 Å². The van der Waals surface area contributed by atoms with Crippen LogP contribution in [0.4, 0.5) is 4.39 Å². The Labute approximate surface area is 159 Å². The lowest BCUT2D eigenvalue weighted by atomic mass is 10.1. The maximum Gasteiger partial charge on any atom is 0.322 e. The molecule has 0 atom stereocenters.